The lowest BCUT2D eigenvalue weighted by Crippen LogP contribution is -2.35. The van der Waals surface area contributed by atoms with Gasteiger partial charge in [-0.25, -0.2) is 0 Å². The summed E-state index contributed by atoms with van der Waals surface area (Å²) < 4.78 is 10.3. The van der Waals surface area contributed by atoms with Gasteiger partial charge in [-0.2, -0.15) is 0 Å². The van der Waals surface area contributed by atoms with Crippen molar-refractivity contribution >= 4 is 0 Å². The number of ether oxygens (including phenoxy) is 2. The van der Waals surface area contributed by atoms with E-state index in [1.807, 2.05) is 6.92 Å². The standard InChI is InChI=1S/C8H20N2O2/c1-2-11-5-3-4-6-12-7-8(9)10/h8H,2-7,9-10H2,1H3. The number of nitrogens with two attached hydrogens (primary N) is 2. The van der Waals surface area contributed by atoms with E-state index in [4.69, 9.17) is 20.9 Å². The minimum Gasteiger partial charge on any atom is -0.382 e. The Hall–Kier alpha value is -0.160. The minimum atomic E-state index is -0.350. The van der Waals surface area contributed by atoms with E-state index >= 15 is 0 Å². The molecule has 0 aromatic carbocycles. The molecule has 0 rings (SSSR count). The first-order chi connectivity index (χ1) is 5.77. The van der Waals surface area contributed by atoms with Gasteiger partial charge in [-0.05, 0) is 19.8 Å². The Balaban J connectivity index is 2.82. The van der Waals surface area contributed by atoms with E-state index in [0.29, 0.717) is 6.61 Å². The molecule has 0 amide bonds. The van der Waals surface area contributed by atoms with Gasteiger partial charge in [0.15, 0.2) is 0 Å². The van der Waals surface area contributed by atoms with Crippen LogP contribution in [0.1, 0.15) is 19.8 Å². The van der Waals surface area contributed by atoms with Crippen LogP contribution in [0.15, 0.2) is 0 Å². The highest BCUT2D eigenvalue weighted by Crippen LogP contribution is 1.91. The molecule has 74 valence electrons. The van der Waals surface area contributed by atoms with Gasteiger partial charge in [-0.3, -0.25) is 0 Å². The third-order valence-electron chi connectivity index (χ3n) is 1.34. The molecule has 0 unspecified atom stereocenters. The molecule has 0 heterocycles. The van der Waals surface area contributed by atoms with E-state index in [2.05, 4.69) is 0 Å². The fraction of sp³-hybridized carbons (Fsp3) is 1.00. The molecule has 12 heavy (non-hydrogen) atoms. The van der Waals surface area contributed by atoms with Crippen LogP contribution in [0.3, 0.4) is 0 Å². The van der Waals surface area contributed by atoms with E-state index in [1.54, 1.807) is 0 Å². The highest BCUT2D eigenvalue weighted by atomic mass is 16.5. The lowest BCUT2D eigenvalue weighted by Gasteiger charge is -2.06. The Labute approximate surface area is 74.2 Å². The quantitative estimate of drug-likeness (QED) is 0.405. The maximum atomic E-state index is 5.28. The van der Waals surface area contributed by atoms with Crippen LogP contribution >= 0.6 is 0 Å². The Morgan fingerprint density at radius 2 is 1.67 bits per heavy atom. The van der Waals surface area contributed by atoms with Crippen LogP contribution in [-0.2, 0) is 9.47 Å². The fourth-order valence-corrected chi connectivity index (χ4v) is 0.772. The monoisotopic (exact) mass is 176 g/mol. The topological polar surface area (TPSA) is 70.5 Å². The smallest absolute Gasteiger partial charge is 0.0762 e. The average molecular weight is 176 g/mol. The third-order valence-corrected chi connectivity index (χ3v) is 1.34. The van der Waals surface area contributed by atoms with Gasteiger partial charge in [-0.15, -0.1) is 0 Å². The zero-order valence-electron chi connectivity index (χ0n) is 7.79. The molecule has 4 heteroatoms. The molecule has 0 spiro atoms. The van der Waals surface area contributed by atoms with Crippen molar-refractivity contribution in [2.75, 3.05) is 26.4 Å². The van der Waals surface area contributed by atoms with E-state index in [1.165, 1.54) is 0 Å². The lowest BCUT2D eigenvalue weighted by molar-refractivity contribution is 0.101. The van der Waals surface area contributed by atoms with E-state index < -0.39 is 0 Å². The summed E-state index contributed by atoms with van der Waals surface area (Å²) in [5.74, 6) is 0. The first-order valence-electron chi connectivity index (χ1n) is 4.44. The van der Waals surface area contributed by atoms with Crippen molar-refractivity contribution < 1.29 is 9.47 Å². The van der Waals surface area contributed by atoms with E-state index in [9.17, 15) is 0 Å². The third kappa shape index (κ3) is 9.84. The van der Waals surface area contributed by atoms with Crippen molar-refractivity contribution in [1.82, 2.24) is 0 Å². The molecule has 0 atom stereocenters. The van der Waals surface area contributed by atoms with Crippen LogP contribution in [0.2, 0.25) is 0 Å². The Kier molecular flexibility index (Phi) is 8.81. The summed E-state index contributed by atoms with van der Waals surface area (Å²) >= 11 is 0. The molecular weight excluding hydrogens is 156 g/mol. The predicted octanol–water partition coefficient (Wildman–Crippen LogP) is 0.0632. The average Bonchev–Trinajstić information content (AvgIpc) is 2.02. The van der Waals surface area contributed by atoms with Crippen LogP contribution in [0, 0.1) is 0 Å². The lowest BCUT2D eigenvalue weighted by atomic mass is 10.3. The normalized spacial score (nSPS) is 11.0. The van der Waals surface area contributed by atoms with Crippen LogP contribution in [0.5, 0.6) is 0 Å². The molecule has 4 nitrogen and oxygen atoms in total. The van der Waals surface area contributed by atoms with Crippen LogP contribution < -0.4 is 11.5 Å². The van der Waals surface area contributed by atoms with Crippen molar-refractivity contribution in [1.29, 1.82) is 0 Å². The summed E-state index contributed by atoms with van der Waals surface area (Å²) in [6, 6.07) is 0. The van der Waals surface area contributed by atoms with Crippen LogP contribution in [-0.4, -0.2) is 32.6 Å². The first-order valence-corrected chi connectivity index (χ1v) is 4.44. The summed E-state index contributed by atoms with van der Waals surface area (Å²) in [5.41, 5.74) is 10.6. The van der Waals surface area contributed by atoms with Gasteiger partial charge in [-0.1, -0.05) is 0 Å². The molecule has 0 aromatic rings. The maximum Gasteiger partial charge on any atom is 0.0762 e. The highest BCUT2D eigenvalue weighted by molar-refractivity contribution is 4.46. The molecular formula is C8H20N2O2. The van der Waals surface area contributed by atoms with Gasteiger partial charge < -0.3 is 20.9 Å². The maximum absolute atomic E-state index is 5.28. The molecule has 0 radical (unpaired) electrons. The summed E-state index contributed by atoms with van der Waals surface area (Å²) in [6.45, 7) is 4.75. The Morgan fingerprint density at radius 1 is 1.08 bits per heavy atom. The summed E-state index contributed by atoms with van der Waals surface area (Å²) in [7, 11) is 0. The molecule has 0 aromatic heterocycles. The summed E-state index contributed by atoms with van der Waals surface area (Å²) in [5, 5.41) is 0. The van der Waals surface area contributed by atoms with Crippen molar-refractivity contribution in [3.05, 3.63) is 0 Å². The van der Waals surface area contributed by atoms with Crippen molar-refractivity contribution in [3.8, 4) is 0 Å². The Morgan fingerprint density at radius 3 is 2.17 bits per heavy atom. The SMILES string of the molecule is CCOCCCCOCC(N)N. The molecule has 0 bridgehead atoms. The number of rotatable bonds is 8. The van der Waals surface area contributed by atoms with E-state index in [-0.39, 0.29) is 6.17 Å². The van der Waals surface area contributed by atoms with Crippen molar-refractivity contribution in [2.45, 2.75) is 25.9 Å². The summed E-state index contributed by atoms with van der Waals surface area (Å²) in [6.07, 6.45) is 1.69. The van der Waals surface area contributed by atoms with Gasteiger partial charge >= 0.3 is 0 Å². The van der Waals surface area contributed by atoms with Gasteiger partial charge in [0.2, 0.25) is 0 Å². The van der Waals surface area contributed by atoms with Crippen molar-refractivity contribution in [3.63, 3.8) is 0 Å². The second-order valence-electron chi connectivity index (χ2n) is 2.64. The van der Waals surface area contributed by atoms with Crippen molar-refractivity contribution in [2.24, 2.45) is 11.5 Å². The second-order valence-corrected chi connectivity index (χ2v) is 2.64. The zero-order valence-corrected chi connectivity index (χ0v) is 7.79. The molecule has 0 aliphatic rings. The van der Waals surface area contributed by atoms with Gasteiger partial charge in [0.1, 0.15) is 0 Å². The number of hydrogen-bond acceptors (Lipinski definition) is 4. The fourth-order valence-electron chi connectivity index (χ4n) is 0.772. The van der Waals surface area contributed by atoms with E-state index in [0.717, 1.165) is 32.7 Å². The number of hydrogen-bond donors (Lipinski definition) is 2. The molecule has 0 fully saturated rings. The highest BCUT2D eigenvalue weighted by Gasteiger charge is 1.93. The molecule has 0 saturated carbocycles. The first kappa shape index (κ1) is 11.8. The van der Waals surface area contributed by atoms with Gasteiger partial charge in [0.25, 0.3) is 0 Å². The minimum absolute atomic E-state index is 0.350. The molecule has 0 aliphatic carbocycles. The predicted molar refractivity (Wildman–Crippen MR) is 48.7 cm³/mol. The largest absolute Gasteiger partial charge is 0.382 e. The van der Waals surface area contributed by atoms with Crippen LogP contribution in [0.25, 0.3) is 0 Å². The Bertz CT molecular complexity index is 89.1. The van der Waals surface area contributed by atoms with Gasteiger partial charge in [0.05, 0.1) is 12.8 Å². The molecule has 4 N–H and O–H groups in total. The number of unbranched alkanes of at least 4 members (excludes halogenated alkanes) is 1. The molecule has 0 saturated heterocycles. The van der Waals surface area contributed by atoms with Crippen LogP contribution in [0.4, 0.5) is 0 Å². The summed E-state index contributed by atoms with van der Waals surface area (Å²) in [4.78, 5) is 0. The zero-order chi connectivity index (χ0) is 9.23. The van der Waals surface area contributed by atoms with Gasteiger partial charge in [0, 0.05) is 19.8 Å². The second kappa shape index (κ2) is 8.93. The molecule has 0 aliphatic heterocycles.